The molecule has 0 saturated heterocycles. The molecule has 0 spiro atoms. The van der Waals surface area contributed by atoms with Crippen LogP contribution in [0.3, 0.4) is 0 Å². The van der Waals surface area contributed by atoms with E-state index in [0.29, 0.717) is 0 Å². The van der Waals surface area contributed by atoms with Gasteiger partial charge in [-0.15, -0.1) is 0 Å². The Bertz CT molecular complexity index is 103. The van der Waals surface area contributed by atoms with Gasteiger partial charge in [-0.25, -0.2) is 0 Å². The standard InChI is InChI=1S/C5H11F.C5H10/c1-5(2,3)4-6;1-5(2)3-4-5/h4H2,1-3H3;3-4H2,1-2H3. The van der Waals surface area contributed by atoms with Crippen LogP contribution in [0, 0.1) is 10.8 Å². The van der Waals surface area contributed by atoms with E-state index < -0.39 is 0 Å². The molecule has 0 nitrogen and oxygen atoms in total. The summed E-state index contributed by atoms with van der Waals surface area (Å²) in [5.41, 5.74) is 0.625. The van der Waals surface area contributed by atoms with Gasteiger partial charge in [-0.05, 0) is 23.7 Å². The molecule has 1 saturated carbocycles. The van der Waals surface area contributed by atoms with Gasteiger partial charge in [0.2, 0.25) is 0 Å². The Morgan fingerprint density at radius 1 is 1.18 bits per heavy atom. The van der Waals surface area contributed by atoms with Gasteiger partial charge in [0.25, 0.3) is 0 Å². The maximum Gasteiger partial charge on any atom is 0.0942 e. The molecule has 0 amide bonds. The quantitative estimate of drug-likeness (QED) is 0.505. The summed E-state index contributed by atoms with van der Waals surface area (Å²) in [7, 11) is 0. The van der Waals surface area contributed by atoms with E-state index in [1.165, 1.54) is 12.8 Å². The van der Waals surface area contributed by atoms with E-state index in [-0.39, 0.29) is 12.1 Å². The molecule has 0 unspecified atom stereocenters. The average molecular weight is 160 g/mol. The van der Waals surface area contributed by atoms with Gasteiger partial charge in [-0.3, -0.25) is 4.39 Å². The first-order valence-corrected chi connectivity index (χ1v) is 4.33. The molecule has 11 heavy (non-hydrogen) atoms. The monoisotopic (exact) mass is 160 g/mol. The SMILES string of the molecule is CC(C)(C)CF.CC1(C)CC1. The van der Waals surface area contributed by atoms with Crippen LogP contribution in [0.4, 0.5) is 4.39 Å². The fraction of sp³-hybridized carbons (Fsp3) is 1.00. The van der Waals surface area contributed by atoms with Crippen LogP contribution in [-0.2, 0) is 0 Å². The molecule has 0 aliphatic heterocycles. The largest absolute Gasteiger partial charge is 0.251 e. The molecular formula is C10H21F. The van der Waals surface area contributed by atoms with Crippen molar-refractivity contribution < 1.29 is 4.39 Å². The zero-order chi connectivity index (χ0) is 9.12. The van der Waals surface area contributed by atoms with E-state index in [1.54, 1.807) is 0 Å². The molecule has 1 aliphatic rings. The first-order valence-electron chi connectivity index (χ1n) is 4.33. The van der Waals surface area contributed by atoms with Gasteiger partial charge in [-0.2, -0.15) is 0 Å². The summed E-state index contributed by atoms with van der Waals surface area (Å²) in [5.74, 6) is 0. The highest BCUT2D eigenvalue weighted by molar-refractivity contribution is 4.82. The third-order valence-electron chi connectivity index (χ3n) is 1.65. The van der Waals surface area contributed by atoms with Gasteiger partial charge in [0.05, 0.1) is 6.67 Å². The van der Waals surface area contributed by atoms with Crippen molar-refractivity contribution in [1.82, 2.24) is 0 Å². The molecule has 0 heterocycles. The molecule has 0 aromatic rings. The lowest BCUT2D eigenvalue weighted by Crippen LogP contribution is -2.05. The minimum absolute atomic E-state index is 0.125. The van der Waals surface area contributed by atoms with Crippen LogP contribution in [0.25, 0.3) is 0 Å². The molecule has 0 bridgehead atoms. The van der Waals surface area contributed by atoms with Gasteiger partial charge in [-0.1, -0.05) is 34.6 Å². The van der Waals surface area contributed by atoms with Crippen molar-refractivity contribution in [1.29, 1.82) is 0 Å². The lowest BCUT2D eigenvalue weighted by atomic mass is 10.00. The molecule has 1 heteroatoms. The second-order valence-electron chi connectivity index (χ2n) is 5.36. The summed E-state index contributed by atoms with van der Waals surface area (Å²) in [6, 6.07) is 0. The van der Waals surface area contributed by atoms with Gasteiger partial charge in [0, 0.05) is 0 Å². The molecule has 1 aliphatic carbocycles. The summed E-state index contributed by atoms with van der Waals surface area (Å²) < 4.78 is 11.5. The second kappa shape index (κ2) is 3.55. The molecule has 0 atom stereocenters. The first kappa shape index (κ1) is 10.9. The maximum atomic E-state index is 11.5. The summed E-state index contributed by atoms with van der Waals surface area (Å²) in [6.45, 7) is 9.97. The Balaban J connectivity index is 0.000000183. The van der Waals surface area contributed by atoms with Crippen molar-refractivity contribution >= 4 is 0 Å². The lowest BCUT2D eigenvalue weighted by Gasteiger charge is -2.09. The number of halogens is 1. The Labute approximate surface area is 70.2 Å². The van der Waals surface area contributed by atoms with Crippen molar-refractivity contribution in [3.63, 3.8) is 0 Å². The smallest absolute Gasteiger partial charge is 0.0942 e. The van der Waals surface area contributed by atoms with Gasteiger partial charge in [0.15, 0.2) is 0 Å². The molecule has 1 fully saturated rings. The molecule has 0 radical (unpaired) electrons. The predicted octanol–water partition coefficient (Wildman–Crippen LogP) is 3.81. The molecule has 0 aromatic heterocycles. The molecular weight excluding hydrogens is 139 g/mol. The molecule has 0 aromatic carbocycles. The number of rotatable bonds is 0. The van der Waals surface area contributed by atoms with Gasteiger partial charge in [0.1, 0.15) is 0 Å². The maximum absolute atomic E-state index is 11.5. The van der Waals surface area contributed by atoms with Crippen LogP contribution in [0.2, 0.25) is 0 Å². The normalized spacial score (nSPS) is 20.2. The van der Waals surface area contributed by atoms with Crippen LogP contribution >= 0.6 is 0 Å². The van der Waals surface area contributed by atoms with E-state index in [1.807, 2.05) is 20.8 Å². The topological polar surface area (TPSA) is 0 Å². The Kier molecular flexibility index (Phi) is 3.53. The number of hydrogen-bond donors (Lipinski definition) is 0. The third kappa shape index (κ3) is 9.93. The fourth-order valence-corrected chi connectivity index (χ4v) is 0.250. The minimum atomic E-state index is -0.229. The zero-order valence-electron chi connectivity index (χ0n) is 8.50. The average Bonchev–Trinajstić information content (AvgIpc) is 2.46. The van der Waals surface area contributed by atoms with Gasteiger partial charge >= 0.3 is 0 Å². The zero-order valence-corrected chi connectivity index (χ0v) is 8.50. The highest BCUT2D eigenvalue weighted by Crippen LogP contribution is 2.43. The highest BCUT2D eigenvalue weighted by Gasteiger charge is 2.30. The van der Waals surface area contributed by atoms with Crippen molar-refractivity contribution in [3.05, 3.63) is 0 Å². The minimum Gasteiger partial charge on any atom is -0.251 e. The van der Waals surface area contributed by atoms with Crippen LogP contribution in [0.1, 0.15) is 47.5 Å². The number of hydrogen-bond acceptors (Lipinski definition) is 0. The van der Waals surface area contributed by atoms with Crippen molar-refractivity contribution in [3.8, 4) is 0 Å². The highest BCUT2D eigenvalue weighted by atomic mass is 19.1. The van der Waals surface area contributed by atoms with Crippen molar-refractivity contribution in [2.75, 3.05) is 6.67 Å². The van der Waals surface area contributed by atoms with E-state index in [0.717, 1.165) is 5.41 Å². The van der Waals surface area contributed by atoms with E-state index in [9.17, 15) is 4.39 Å². The summed E-state index contributed by atoms with van der Waals surface area (Å²) >= 11 is 0. The summed E-state index contributed by atoms with van der Waals surface area (Å²) in [4.78, 5) is 0. The molecule has 0 N–H and O–H groups in total. The van der Waals surface area contributed by atoms with E-state index in [4.69, 9.17) is 0 Å². The Hall–Kier alpha value is -0.0700. The summed E-state index contributed by atoms with van der Waals surface area (Å²) in [6.07, 6.45) is 2.90. The van der Waals surface area contributed by atoms with Crippen LogP contribution in [-0.4, -0.2) is 6.67 Å². The van der Waals surface area contributed by atoms with Crippen LogP contribution in [0.15, 0.2) is 0 Å². The predicted molar refractivity (Wildman–Crippen MR) is 48.4 cm³/mol. The molecule has 1 rings (SSSR count). The number of alkyl halides is 1. The molecule has 68 valence electrons. The van der Waals surface area contributed by atoms with E-state index >= 15 is 0 Å². The lowest BCUT2D eigenvalue weighted by molar-refractivity contribution is 0.285. The Morgan fingerprint density at radius 2 is 1.36 bits per heavy atom. The van der Waals surface area contributed by atoms with Crippen molar-refractivity contribution in [2.45, 2.75) is 47.5 Å². The third-order valence-corrected chi connectivity index (χ3v) is 1.65. The van der Waals surface area contributed by atoms with Crippen LogP contribution < -0.4 is 0 Å². The second-order valence-corrected chi connectivity index (χ2v) is 5.36. The van der Waals surface area contributed by atoms with E-state index in [2.05, 4.69) is 13.8 Å². The Morgan fingerprint density at radius 3 is 1.36 bits per heavy atom. The van der Waals surface area contributed by atoms with Crippen LogP contribution in [0.5, 0.6) is 0 Å². The van der Waals surface area contributed by atoms with Gasteiger partial charge < -0.3 is 0 Å². The summed E-state index contributed by atoms with van der Waals surface area (Å²) in [5, 5.41) is 0. The van der Waals surface area contributed by atoms with Crippen molar-refractivity contribution in [2.24, 2.45) is 10.8 Å². The first-order chi connectivity index (χ1) is 4.77. The fourth-order valence-electron chi connectivity index (χ4n) is 0.250.